The highest BCUT2D eigenvalue weighted by Crippen LogP contribution is 2.25. The lowest BCUT2D eigenvalue weighted by molar-refractivity contribution is 0.562. The summed E-state index contributed by atoms with van der Waals surface area (Å²) >= 11 is 0. The Hall–Kier alpha value is -2.21. The quantitative estimate of drug-likeness (QED) is 0.842. The van der Waals surface area contributed by atoms with E-state index in [0.717, 1.165) is 11.3 Å². The molecule has 0 spiro atoms. The number of nitrogens with zero attached hydrogens (tertiary/aromatic N) is 3. The minimum Gasteiger partial charge on any atom is -0.240 e. The van der Waals surface area contributed by atoms with Crippen LogP contribution in [0.4, 0.5) is 0 Å². The SMILES string of the molecule is Cc1ccc(-c2ccnc(C(C#N)C(C)C)n2)c(C)c1. The van der Waals surface area contributed by atoms with Gasteiger partial charge >= 0.3 is 0 Å². The van der Waals surface area contributed by atoms with Crippen LogP contribution in [0, 0.1) is 31.1 Å². The highest BCUT2D eigenvalue weighted by molar-refractivity contribution is 5.63. The number of benzene rings is 1. The molecule has 0 saturated carbocycles. The van der Waals surface area contributed by atoms with E-state index in [4.69, 9.17) is 0 Å². The fourth-order valence-corrected chi connectivity index (χ4v) is 2.28. The Kier molecular flexibility index (Phi) is 4.14. The maximum atomic E-state index is 9.27. The lowest BCUT2D eigenvalue weighted by atomic mass is 9.96. The second-order valence-electron chi connectivity index (χ2n) is 5.47. The van der Waals surface area contributed by atoms with Gasteiger partial charge in [-0.15, -0.1) is 0 Å². The summed E-state index contributed by atoms with van der Waals surface area (Å²) in [5.74, 6) is 0.551. The summed E-state index contributed by atoms with van der Waals surface area (Å²) in [6.07, 6.45) is 1.74. The molecule has 2 rings (SSSR count). The Morgan fingerprint density at radius 2 is 1.90 bits per heavy atom. The van der Waals surface area contributed by atoms with Crippen molar-refractivity contribution >= 4 is 0 Å². The summed E-state index contributed by atoms with van der Waals surface area (Å²) in [5, 5.41) is 9.27. The van der Waals surface area contributed by atoms with Crippen molar-refractivity contribution in [2.75, 3.05) is 0 Å². The molecular formula is C17H19N3. The lowest BCUT2D eigenvalue weighted by Gasteiger charge is -2.13. The standard InChI is InChI=1S/C17H19N3/c1-11(2)15(10-18)17-19-8-7-16(20-17)14-6-5-12(3)9-13(14)4/h5-9,11,15H,1-4H3. The van der Waals surface area contributed by atoms with E-state index in [2.05, 4.69) is 48.1 Å². The third-order valence-corrected chi connectivity index (χ3v) is 3.42. The molecule has 0 N–H and O–H groups in total. The Morgan fingerprint density at radius 1 is 1.15 bits per heavy atom. The number of rotatable bonds is 3. The van der Waals surface area contributed by atoms with Gasteiger partial charge < -0.3 is 0 Å². The van der Waals surface area contributed by atoms with Crippen LogP contribution < -0.4 is 0 Å². The van der Waals surface area contributed by atoms with Crippen molar-refractivity contribution in [3.63, 3.8) is 0 Å². The van der Waals surface area contributed by atoms with Crippen LogP contribution in [-0.2, 0) is 0 Å². The van der Waals surface area contributed by atoms with Crippen LogP contribution in [0.3, 0.4) is 0 Å². The van der Waals surface area contributed by atoms with Crippen LogP contribution in [0.25, 0.3) is 11.3 Å². The van der Waals surface area contributed by atoms with Crippen molar-refractivity contribution in [2.45, 2.75) is 33.6 Å². The maximum Gasteiger partial charge on any atom is 0.146 e. The first kappa shape index (κ1) is 14.2. The van der Waals surface area contributed by atoms with Gasteiger partial charge in [0, 0.05) is 11.8 Å². The van der Waals surface area contributed by atoms with Gasteiger partial charge in [0.15, 0.2) is 0 Å². The second kappa shape index (κ2) is 5.83. The van der Waals surface area contributed by atoms with Gasteiger partial charge in [-0.1, -0.05) is 37.6 Å². The third-order valence-electron chi connectivity index (χ3n) is 3.42. The third kappa shape index (κ3) is 2.85. The Labute approximate surface area is 120 Å². The second-order valence-corrected chi connectivity index (χ2v) is 5.47. The number of aromatic nitrogens is 2. The van der Waals surface area contributed by atoms with Crippen molar-refractivity contribution in [1.82, 2.24) is 9.97 Å². The minimum atomic E-state index is -0.263. The van der Waals surface area contributed by atoms with Crippen LogP contribution >= 0.6 is 0 Å². The summed E-state index contributed by atoms with van der Waals surface area (Å²) in [6, 6.07) is 10.5. The van der Waals surface area contributed by atoms with Crippen molar-refractivity contribution in [2.24, 2.45) is 5.92 Å². The average Bonchev–Trinajstić information content (AvgIpc) is 2.39. The zero-order chi connectivity index (χ0) is 14.7. The molecule has 1 atom stereocenters. The Morgan fingerprint density at radius 3 is 2.50 bits per heavy atom. The summed E-state index contributed by atoms with van der Waals surface area (Å²) in [4.78, 5) is 8.86. The fraction of sp³-hybridized carbons (Fsp3) is 0.353. The van der Waals surface area contributed by atoms with Gasteiger partial charge in [0.25, 0.3) is 0 Å². The Balaban J connectivity index is 2.47. The van der Waals surface area contributed by atoms with Gasteiger partial charge in [0.05, 0.1) is 11.8 Å². The van der Waals surface area contributed by atoms with Crippen LogP contribution in [0.15, 0.2) is 30.5 Å². The molecule has 0 amide bonds. The first-order chi connectivity index (χ1) is 9.52. The summed E-state index contributed by atoms with van der Waals surface area (Å²) in [6.45, 7) is 8.18. The van der Waals surface area contributed by atoms with E-state index in [-0.39, 0.29) is 11.8 Å². The minimum absolute atomic E-state index is 0.203. The summed E-state index contributed by atoms with van der Waals surface area (Å²) in [7, 11) is 0. The molecule has 3 nitrogen and oxygen atoms in total. The van der Waals surface area contributed by atoms with Gasteiger partial charge in [0.2, 0.25) is 0 Å². The van der Waals surface area contributed by atoms with E-state index in [1.807, 2.05) is 19.9 Å². The topological polar surface area (TPSA) is 49.6 Å². The van der Waals surface area contributed by atoms with E-state index in [1.54, 1.807) is 6.20 Å². The molecule has 0 aliphatic carbocycles. The first-order valence-electron chi connectivity index (χ1n) is 6.83. The van der Waals surface area contributed by atoms with Crippen molar-refractivity contribution in [1.29, 1.82) is 5.26 Å². The molecule has 2 aromatic rings. The van der Waals surface area contributed by atoms with Gasteiger partial charge in [0.1, 0.15) is 11.7 Å². The molecule has 0 radical (unpaired) electrons. The van der Waals surface area contributed by atoms with Gasteiger partial charge in [-0.25, -0.2) is 9.97 Å². The molecule has 0 fully saturated rings. The van der Waals surface area contributed by atoms with Crippen molar-refractivity contribution < 1.29 is 0 Å². The van der Waals surface area contributed by atoms with Crippen LogP contribution in [-0.4, -0.2) is 9.97 Å². The predicted octanol–water partition coefficient (Wildman–Crippen LogP) is 4.02. The highest BCUT2D eigenvalue weighted by Gasteiger charge is 2.18. The highest BCUT2D eigenvalue weighted by atomic mass is 14.9. The van der Waals surface area contributed by atoms with Crippen molar-refractivity contribution in [3.05, 3.63) is 47.4 Å². The number of hydrogen-bond acceptors (Lipinski definition) is 3. The smallest absolute Gasteiger partial charge is 0.146 e. The zero-order valence-electron chi connectivity index (χ0n) is 12.4. The summed E-state index contributed by atoms with van der Waals surface area (Å²) in [5.41, 5.74) is 4.40. The number of hydrogen-bond donors (Lipinski definition) is 0. The van der Waals surface area contributed by atoms with Crippen molar-refractivity contribution in [3.8, 4) is 17.3 Å². The van der Waals surface area contributed by atoms with Crippen LogP contribution in [0.2, 0.25) is 0 Å². The molecule has 1 aromatic heterocycles. The zero-order valence-corrected chi connectivity index (χ0v) is 12.4. The van der Waals surface area contributed by atoms with E-state index < -0.39 is 0 Å². The Bertz CT molecular complexity index is 654. The number of nitriles is 1. The van der Waals surface area contributed by atoms with Gasteiger partial charge in [-0.2, -0.15) is 5.26 Å². The molecule has 1 heterocycles. The monoisotopic (exact) mass is 265 g/mol. The molecule has 1 aromatic carbocycles. The predicted molar refractivity (Wildman–Crippen MR) is 80.1 cm³/mol. The molecule has 102 valence electrons. The molecule has 3 heteroatoms. The first-order valence-corrected chi connectivity index (χ1v) is 6.83. The van der Waals surface area contributed by atoms with E-state index in [0.29, 0.717) is 5.82 Å². The molecule has 20 heavy (non-hydrogen) atoms. The molecular weight excluding hydrogens is 246 g/mol. The van der Waals surface area contributed by atoms with Crippen LogP contribution in [0.1, 0.15) is 36.7 Å². The number of aryl methyl sites for hydroxylation is 2. The largest absolute Gasteiger partial charge is 0.240 e. The normalized spacial score (nSPS) is 12.2. The lowest BCUT2D eigenvalue weighted by Crippen LogP contribution is -2.09. The maximum absolute atomic E-state index is 9.27. The van der Waals surface area contributed by atoms with E-state index >= 15 is 0 Å². The molecule has 0 aliphatic heterocycles. The summed E-state index contributed by atoms with van der Waals surface area (Å²) < 4.78 is 0. The van der Waals surface area contributed by atoms with E-state index in [9.17, 15) is 5.26 Å². The van der Waals surface area contributed by atoms with Gasteiger partial charge in [-0.3, -0.25) is 0 Å². The molecule has 0 saturated heterocycles. The average molecular weight is 265 g/mol. The van der Waals surface area contributed by atoms with E-state index in [1.165, 1.54) is 11.1 Å². The van der Waals surface area contributed by atoms with Crippen LogP contribution in [0.5, 0.6) is 0 Å². The van der Waals surface area contributed by atoms with Gasteiger partial charge in [-0.05, 0) is 31.4 Å². The molecule has 0 aliphatic rings. The molecule has 1 unspecified atom stereocenters. The molecule has 0 bridgehead atoms. The fourth-order valence-electron chi connectivity index (χ4n) is 2.28.